The monoisotopic (exact) mass is 180 g/mol. The molecule has 1 N–H and O–H groups in total. The largest absolute Gasteiger partial charge is 0.297 e. The Labute approximate surface area is 76.9 Å². The normalized spacial score (nSPS) is 12.5. The molecule has 0 aliphatic heterocycles. The van der Waals surface area contributed by atoms with Gasteiger partial charge in [-0.2, -0.15) is 0 Å². The van der Waals surface area contributed by atoms with Gasteiger partial charge in [-0.3, -0.25) is 10.1 Å². The van der Waals surface area contributed by atoms with Crippen LogP contribution in [0, 0.1) is 0 Å². The minimum absolute atomic E-state index is 0.175. The summed E-state index contributed by atoms with van der Waals surface area (Å²) < 4.78 is 0. The Hall–Kier alpha value is -1.19. The van der Waals surface area contributed by atoms with E-state index in [1.807, 2.05) is 30.3 Å². The average Bonchev–Trinajstić information content (AvgIpc) is 2.15. The number of rotatable bonds is 4. The van der Waals surface area contributed by atoms with Crippen molar-refractivity contribution in [1.82, 2.24) is 0 Å². The van der Waals surface area contributed by atoms with Crippen molar-refractivity contribution in [1.29, 1.82) is 0 Å². The van der Waals surface area contributed by atoms with Gasteiger partial charge in [0.05, 0.1) is 0 Å². The van der Waals surface area contributed by atoms with E-state index in [1.165, 1.54) is 6.92 Å². The first-order valence-corrected chi connectivity index (χ1v) is 4.08. The third-order valence-corrected chi connectivity index (χ3v) is 1.84. The van der Waals surface area contributed by atoms with Crippen LogP contribution in [0.2, 0.25) is 0 Å². The number of Topliss-reactive ketones (excluding diaryl/α,β-unsaturated/α-hetero) is 1. The van der Waals surface area contributed by atoms with E-state index in [4.69, 9.17) is 5.26 Å². The summed E-state index contributed by atoms with van der Waals surface area (Å²) in [5.74, 6) is -0.175. The van der Waals surface area contributed by atoms with Crippen molar-refractivity contribution in [2.24, 2.45) is 0 Å². The summed E-state index contributed by atoms with van der Waals surface area (Å²) >= 11 is 0. The third kappa shape index (κ3) is 2.97. The molecule has 0 fully saturated rings. The van der Waals surface area contributed by atoms with E-state index < -0.39 is 6.10 Å². The summed E-state index contributed by atoms with van der Waals surface area (Å²) in [7, 11) is 0. The molecule has 0 aromatic heterocycles. The van der Waals surface area contributed by atoms with E-state index in [0.717, 1.165) is 5.56 Å². The maximum absolute atomic E-state index is 10.9. The van der Waals surface area contributed by atoms with Crippen molar-refractivity contribution in [3.05, 3.63) is 35.9 Å². The van der Waals surface area contributed by atoms with Gasteiger partial charge in [0.1, 0.15) is 0 Å². The zero-order valence-electron chi connectivity index (χ0n) is 7.43. The van der Waals surface area contributed by atoms with Crippen LogP contribution in [0.15, 0.2) is 30.3 Å². The molecule has 0 aliphatic rings. The lowest BCUT2D eigenvalue weighted by Gasteiger charge is -2.08. The highest BCUT2D eigenvalue weighted by Gasteiger charge is 2.14. The summed E-state index contributed by atoms with van der Waals surface area (Å²) in [6.07, 6.45) is -0.338. The van der Waals surface area contributed by atoms with Crippen LogP contribution in [0.25, 0.3) is 0 Å². The number of hydrogen-bond acceptors (Lipinski definition) is 3. The first kappa shape index (κ1) is 9.89. The predicted molar refractivity (Wildman–Crippen MR) is 48.3 cm³/mol. The van der Waals surface area contributed by atoms with Gasteiger partial charge in [-0.1, -0.05) is 30.3 Å². The summed E-state index contributed by atoms with van der Waals surface area (Å²) in [5.41, 5.74) is 0.969. The number of hydrogen-bond donors (Lipinski definition) is 1. The summed E-state index contributed by atoms with van der Waals surface area (Å²) in [6, 6.07) is 9.42. The van der Waals surface area contributed by atoms with Crippen molar-refractivity contribution in [3.8, 4) is 0 Å². The second kappa shape index (κ2) is 4.74. The van der Waals surface area contributed by atoms with Gasteiger partial charge in [-0.25, -0.2) is 4.89 Å². The Morgan fingerprint density at radius 1 is 1.46 bits per heavy atom. The molecule has 0 aliphatic carbocycles. The van der Waals surface area contributed by atoms with Crippen LogP contribution >= 0.6 is 0 Å². The third-order valence-electron chi connectivity index (χ3n) is 1.84. The zero-order valence-corrected chi connectivity index (χ0v) is 7.43. The second-order valence-corrected chi connectivity index (χ2v) is 2.89. The molecule has 1 aromatic rings. The Morgan fingerprint density at radius 3 is 2.54 bits per heavy atom. The lowest BCUT2D eigenvalue weighted by molar-refractivity contribution is -0.269. The highest BCUT2D eigenvalue weighted by atomic mass is 17.1. The van der Waals surface area contributed by atoms with Crippen LogP contribution in [-0.2, 0) is 16.1 Å². The molecule has 13 heavy (non-hydrogen) atoms. The molecule has 1 atom stereocenters. The zero-order chi connectivity index (χ0) is 9.68. The molecule has 1 rings (SSSR count). The molecule has 0 saturated carbocycles. The molecule has 0 amide bonds. The van der Waals surface area contributed by atoms with Gasteiger partial charge in [0.2, 0.25) is 0 Å². The van der Waals surface area contributed by atoms with Crippen molar-refractivity contribution < 1.29 is 14.9 Å². The standard InChI is InChI=1S/C10H12O3/c1-8(11)10(13-12)7-9-5-3-2-4-6-9/h2-6,10,12H,7H2,1H3. The van der Waals surface area contributed by atoms with E-state index in [-0.39, 0.29) is 5.78 Å². The minimum Gasteiger partial charge on any atom is -0.297 e. The van der Waals surface area contributed by atoms with Crippen molar-refractivity contribution in [2.75, 3.05) is 0 Å². The lowest BCUT2D eigenvalue weighted by atomic mass is 10.1. The van der Waals surface area contributed by atoms with Gasteiger partial charge < -0.3 is 0 Å². The van der Waals surface area contributed by atoms with Gasteiger partial charge in [0.25, 0.3) is 0 Å². The average molecular weight is 180 g/mol. The van der Waals surface area contributed by atoms with Gasteiger partial charge in [0.15, 0.2) is 11.9 Å². The van der Waals surface area contributed by atoms with Crippen LogP contribution in [0.3, 0.4) is 0 Å². The quantitative estimate of drug-likeness (QED) is 0.566. The summed E-state index contributed by atoms with van der Waals surface area (Å²) in [5, 5.41) is 8.44. The topological polar surface area (TPSA) is 46.5 Å². The second-order valence-electron chi connectivity index (χ2n) is 2.89. The Morgan fingerprint density at radius 2 is 2.08 bits per heavy atom. The van der Waals surface area contributed by atoms with E-state index in [0.29, 0.717) is 6.42 Å². The Bertz CT molecular complexity index is 269. The first-order chi connectivity index (χ1) is 6.24. The Kier molecular flexibility index (Phi) is 3.61. The fourth-order valence-corrected chi connectivity index (χ4v) is 1.08. The smallest absolute Gasteiger partial charge is 0.162 e. The molecule has 3 nitrogen and oxygen atoms in total. The SMILES string of the molecule is CC(=O)C(Cc1ccccc1)OO. The highest BCUT2D eigenvalue weighted by molar-refractivity contribution is 5.80. The van der Waals surface area contributed by atoms with Gasteiger partial charge in [-0.05, 0) is 12.5 Å². The molecule has 3 heteroatoms. The van der Waals surface area contributed by atoms with E-state index >= 15 is 0 Å². The number of carbonyl (C=O) groups excluding carboxylic acids is 1. The Balaban J connectivity index is 2.62. The first-order valence-electron chi connectivity index (χ1n) is 4.08. The molecule has 0 radical (unpaired) electrons. The number of benzene rings is 1. The molecule has 1 aromatic carbocycles. The van der Waals surface area contributed by atoms with E-state index in [1.54, 1.807) is 0 Å². The fourth-order valence-electron chi connectivity index (χ4n) is 1.08. The number of ketones is 1. The maximum atomic E-state index is 10.9. The van der Waals surface area contributed by atoms with Crippen LogP contribution < -0.4 is 0 Å². The molecule has 1 unspecified atom stereocenters. The molecule has 0 saturated heterocycles. The van der Waals surface area contributed by atoms with Gasteiger partial charge >= 0.3 is 0 Å². The minimum atomic E-state index is -0.748. The summed E-state index contributed by atoms with van der Waals surface area (Å²) in [4.78, 5) is 15.0. The van der Waals surface area contributed by atoms with Crippen molar-refractivity contribution >= 4 is 5.78 Å². The molecule has 0 heterocycles. The summed E-state index contributed by atoms with van der Waals surface area (Å²) in [6.45, 7) is 1.39. The highest BCUT2D eigenvalue weighted by Crippen LogP contribution is 2.05. The van der Waals surface area contributed by atoms with Crippen molar-refractivity contribution in [2.45, 2.75) is 19.4 Å². The molecule has 0 spiro atoms. The molecular weight excluding hydrogens is 168 g/mol. The molecular formula is C10H12O3. The lowest BCUT2D eigenvalue weighted by Crippen LogP contribution is -2.22. The van der Waals surface area contributed by atoms with E-state index in [9.17, 15) is 4.79 Å². The van der Waals surface area contributed by atoms with Crippen LogP contribution in [0.5, 0.6) is 0 Å². The molecule has 70 valence electrons. The van der Waals surface area contributed by atoms with E-state index in [2.05, 4.69) is 4.89 Å². The van der Waals surface area contributed by atoms with Crippen LogP contribution in [0.4, 0.5) is 0 Å². The fraction of sp³-hybridized carbons (Fsp3) is 0.300. The van der Waals surface area contributed by atoms with Gasteiger partial charge in [-0.15, -0.1) is 0 Å². The predicted octanol–water partition coefficient (Wildman–Crippen LogP) is 1.68. The number of carbonyl (C=O) groups is 1. The van der Waals surface area contributed by atoms with Crippen molar-refractivity contribution in [3.63, 3.8) is 0 Å². The molecule has 0 bridgehead atoms. The van der Waals surface area contributed by atoms with Gasteiger partial charge in [0, 0.05) is 6.42 Å². The maximum Gasteiger partial charge on any atom is 0.162 e. The van der Waals surface area contributed by atoms with Crippen LogP contribution in [-0.4, -0.2) is 17.1 Å². The van der Waals surface area contributed by atoms with Crippen LogP contribution in [0.1, 0.15) is 12.5 Å².